The van der Waals surface area contributed by atoms with E-state index >= 15 is 0 Å². The highest BCUT2D eigenvalue weighted by molar-refractivity contribution is 6.03. The minimum absolute atomic E-state index is 0.0456. The number of amides is 3. The quantitative estimate of drug-likeness (QED) is 0.463. The Morgan fingerprint density at radius 1 is 1.15 bits per heavy atom. The standard InChI is InChI=1S/C17H18N2O7/c1-3-4-14(21)18-11-5-6-13(25-10(2)20)12(9-11)17(24)26-19-15(22)7-8-16(19)23/h5-6,9H,3-4,7-8H2,1-2H3,(H,18,21). The first kappa shape index (κ1) is 19.1. The predicted octanol–water partition coefficient (Wildman–Crippen LogP) is 1.57. The molecule has 9 nitrogen and oxygen atoms in total. The molecule has 1 N–H and O–H groups in total. The summed E-state index contributed by atoms with van der Waals surface area (Å²) in [6, 6.07) is 4.02. The normalized spacial score (nSPS) is 13.5. The lowest BCUT2D eigenvalue weighted by atomic mass is 10.1. The molecule has 3 amide bonds. The molecule has 1 saturated heterocycles. The molecule has 0 bridgehead atoms. The lowest BCUT2D eigenvalue weighted by Gasteiger charge is -2.15. The summed E-state index contributed by atoms with van der Waals surface area (Å²) in [6.07, 6.45) is 0.847. The number of esters is 1. The first-order valence-electron chi connectivity index (χ1n) is 8.02. The third-order valence-electron chi connectivity index (χ3n) is 3.39. The van der Waals surface area contributed by atoms with E-state index in [9.17, 15) is 24.0 Å². The van der Waals surface area contributed by atoms with Crippen LogP contribution in [0.2, 0.25) is 0 Å². The van der Waals surface area contributed by atoms with Crippen molar-refractivity contribution in [1.29, 1.82) is 0 Å². The lowest BCUT2D eigenvalue weighted by molar-refractivity contribution is -0.172. The van der Waals surface area contributed by atoms with Crippen LogP contribution in [0.4, 0.5) is 5.69 Å². The number of carbonyl (C=O) groups excluding carboxylic acids is 5. The van der Waals surface area contributed by atoms with Crippen LogP contribution in [0.25, 0.3) is 0 Å². The summed E-state index contributed by atoms with van der Waals surface area (Å²) in [5.41, 5.74) is 0.0763. The zero-order valence-corrected chi connectivity index (χ0v) is 14.4. The Balaban J connectivity index is 2.27. The van der Waals surface area contributed by atoms with Crippen molar-refractivity contribution in [3.63, 3.8) is 0 Å². The molecule has 1 fully saturated rings. The van der Waals surface area contributed by atoms with Gasteiger partial charge >= 0.3 is 11.9 Å². The highest BCUT2D eigenvalue weighted by atomic mass is 16.7. The van der Waals surface area contributed by atoms with Crippen molar-refractivity contribution < 1.29 is 33.5 Å². The first-order valence-corrected chi connectivity index (χ1v) is 8.02. The second kappa shape index (κ2) is 8.24. The molecule has 26 heavy (non-hydrogen) atoms. The number of nitrogens with one attached hydrogen (secondary N) is 1. The molecule has 1 aromatic carbocycles. The molecular weight excluding hydrogens is 344 g/mol. The molecule has 0 aromatic heterocycles. The number of ether oxygens (including phenoxy) is 1. The summed E-state index contributed by atoms with van der Waals surface area (Å²) in [5, 5.41) is 2.99. The van der Waals surface area contributed by atoms with Gasteiger partial charge in [0.15, 0.2) is 0 Å². The Hall–Kier alpha value is -3.23. The van der Waals surface area contributed by atoms with Crippen LogP contribution in [-0.4, -0.2) is 34.7 Å². The van der Waals surface area contributed by atoms with Crippen LogP contribution in [0.5, 0.6) is 5.75 Å². The van der Waals surface area contributed by atoms with Gasteiger partial charge in [-0.2, -0.15) is 0 Å². The van der Waals surface area contributed by atoms with Gasteiger partial charge in [0.1, 0.15) is 11.3 Å². The van der Waals surface area contributed by atoms with E-state index in [0.29, 0.717) is 17.9 Å². The SMILES string of the molecule is CCCC(=O)Nc1ccc(OC(C)=O)c(C(=O)ON2C(=O)CCC2=O)c1. The molecule has 1 aliphatic heterocycles. The fourth-order valence-electron chi connectivity index (χ4n) is 2.25. The maximum absolute atomic E-state index is 12.4. The highest BCUT2D eigenvalue weighted by Crippen LogP contribution is 2.25. The fourth-order valence-corrected chi connectivity index (χ4v) is 2.25. The van der Waals surface area contributed by atoms with Crippen LogP contribution in [0.15, 0.2) is 18.2 Å². The van der Waals surface area contributed by atoms with Gasteiger partial charge in [-0.25, -0.2) is 4.79 Å². The average Bonchev–Trinajstić information content (AvgIpc) is 2.88. The van der Waals surface area contributed by atoms with Crippen LogP contribution >= 0.6 is 0 Å². The third kappa shape index (κ3) is 4.65. The number of nitrogens with zero attached hydrogens (tertiary/aromatic N) is 1. The van der Waals surface area contributed by atoms with Gasteiger partial charge in [0, 0.05) is 31.9 Å². The first-order chi connectivity index (χ1) is 12.3. The second-order valence-electron chi connectivity index (χ2n) is 5.56. The van der Waals surface area contributed by atoms with Gasteiger partial charge in [-0.15, -0.1) is 5.06 Å². The number of hydrogen-bond acceptors (Lipinski definition) is 7. The van der Waals surface area contributed by atoms with E-state index in [0.717, 1.165) is 6.92 Å². The Labute approximate surface area is 149 Å². The Kier molecular flexibility index (Phi) is 6.05. The van der Waals surface area contributed by atoms with Crippen molar-refractivity contribution in [2.45, 2.75) is 39.5 Å². The van der Waals surface area contributed by atoms with E-state index in [1.807, 2.05) is 6.92 Å². The van der Waals surface area contributed by atoms with Crippen molar-refractivity contribution in [3.05, 3.63) is 23.8 Å². The molecule has 0 unspecified atom stereocenters. The molecule has 1 heterocycles. The molecule has 0 radical (unpaired) electrons. The van der Waals surface area contributed by atoms with Crippen LogP contribution < -0.4 is 10.1 Å². The zero-order valence-electron chi connectivity index (χ0n) is 14.4. The molecule has 0 aliphatic carbocycles. The van der Waals surface area contributed by atoms with E-state index in [1.165, 1.54) is 18.2 Å². The van der Waals surface area contributed by atoms with Crippen LogP contribution in [-0.2, 0) is 24.0 Å². The number of anilines is 1. The Morgan fingerprint density at radius 3 is 2.38 bits per heavy atom. The lowest BCUT2D eigenvalue weighted by Crippen LogP contribution is -2.32. The van der Waals surface area contributed by atoms with E-state index < -0.39 is 23.8 Å². The zero-order chi connectivity index (χ0) is 19.3. The summed E-state index contributed by atoms with van der Waals surface area (Å²) in [4.78, 5) is 63.3. The molecule has 9 heteroatoms. The van der Waals surface area contributed by atoms with Gasteiger partial charge in [-0.3, -0.25) is 19.2 Å². The molecule has 1 aliphatic rings. The molecule has 0 spiro atoms. The van der Waals surface area contributed by atoms with Crippen molar-refractivity contribution >= 4 is 35.3 Å². The number of imide groups is 1. The van der Waals surface area contributed by atoms with Crippen molar-refractivity contribution in [1.82, 2.24) is 5.06 Å². The van der Waals surface area contributed by atoms with Gasteiger partial charge in [0.2, 0.25) is 5.91 Å². The smallest absolute Gasteiger partial charge is 0.367 e. The van der Waals surface area contributed by atoms with Gasteiger partial charge in [0.25, 0.3) is 11.8 Å². The van der Waals surface area contributed by atoms with Gasteiger partial charge in [-0.05, 0) is 24.6 Å². The second-order valence-corrected chi connectivity index (χ2v) is 5.56. The van der Waals surface area contributed by atoms with E-state index in [2.05, 4.69) is 5.32 Å². The monoisotopic (exact) mass is 362 g/mol. The maximum atomic E-state index is 12.4. The van der Waals surface area contributed by atoms with Crippen molar-refractivity contribution in [3.8, 4) is 5.75 Å². The molecule has 138 valence electrons. The topological polar surface area (TPSA) is 119 Å². The van der Waals surface area contributed by atoms with E-state index in [1.54, 1.807) is 0 Å². The number of hydroxylamine groups is 2. The largest absolute Gasteiger partial charge is 0.426 e. The van der Waals surface area contributed by atoms with Crippen LogP contribution in [0.3, 0.4) is 0 Å². The van der Waals surface area contributed by atoms with Crippen LogP contribution in [0, 0.1) is 0 Å². The molecular formula is C17H18N2O7. The maximum Gasteiger partial charge on any atom is 0.367 e. The minimum Gasteiger partial charge on any atom is -0.426 e. The molecule has 1 aromatic rings. The average molecular weight is 362 g/mol. The summed E-state index contributed by atoms with van der Waals surface area (Å²) in [7, 11) is 0. The molecule has 0 atom stereocenters. The third-order valence-corrected chi connectivity index (χ3v) is 3.39. The van der Waals surface area contributed by atoms with Gasteiger partial charge in [0.05, 0.1) is 0 Å². The summed E-state index contributed by atoms with van der Waals surface area (Å²) < 4.78 is 4.95. The number of benzene rings is 1. The van der Waals surface area contributed by atoms with Crippen molar-refractivity contribution in [2.75, 3.05) is 5.32 Å². The Morgan fingerprint density at radius 2 is 1.81 bits per heavy atom. The fraction of sp³-hybridized carbons (Fsp3) is 0.353. The number of carbonyl (C=O) groups is 5. The number of rotatable bonds is 6. The summed E-state index contributed by atoms with van der Waals surface area (Å²) in [6.45, 7) is 3.00. The Bertz CT molecular complexity index is 756. The number of hydrogen-bond donors (Lipinski definition) is 1. The summed E-state index contributed by atoms with van der Waals surface area (Å²) >= 11 is 0. The van der Waals surface area contributed by atoms with Crippen molar-refractivity contribution in [2.24, 2.45) is 0 Å². The minimum atomic E-state index is -1.06. The van der Waals surface area contributed by atoms with E-state index in [-0.39, 0.29) is 35.7 Å². The van der Waals surface area contributed by atoms with Crippen LogP contribution in [0.1, 0.15) is 49.9 Å². The van der Waals surface area contributed by atoms with Gasteiger partial charge in [-0.1, -0.05) is 6.92 Å². The molecule has 0 saturated carbocycles. The summed E-state index contributed by atoms with van der Waals surface area (Å²) in [5.74, 6) is -3.37. The van der Waals surface area contributed by atoms with E-state index in [4.69, 9.17) is 9.57 Å². The predicted molar refractivity (Wildman–Crippen MR) is 87.8 cm³/mol. The molecule has 2 rings (SSSR count). The highest BCUT2D eigenvalue weighted by Gasteiger charge is 2.34. The van der Waals surface area contributed by atoms with Gasteiger partial charge < -0.3 is 14.9 Å².